The summed E-state index contributed by atoms with van der Waals surface area (Å²) in [6.07, 6.45) is 11.9. The van der Waals surface area contributed by atoms with Crippen LogP contribution in [0.15, 0.2) is 59.7 Å². The third-order valence-corrected chi connectivity index (χ3v) is 8.91. The van der Waals surface area contributed by atoms with E-state index >= 15 is 0 Å². The van der Waals surface area contributed by atoms with Crippen LogP contribution in [0.25, 0.3) is 22.2 Å². The Morgan fingerprint density at radius 3 is 2.48 bits per heavy atom. The molecule has 0 unspecified atom stereocenters. The van der Waals surface area contributed by atoms with Gasteiger partial charge in [0.05, 0.1) is 58.8 Å². The van der Waals surface area contributed by atoms with E-state index in [1.54, 1.807) is 36.3 Å². The molecule has 14 nitrogen and oxygen atoms in total. The van der Waals surface area contributed by atoms with Crippen molar-refractivity contribution in [3.05, 3.63) is 59.7 Å². The SMILES string of the molecule is COc1cc(N2CCC(OC(C)C)CC2)c(-c2cnn(C)c2)cc1Nc1ncc(Br)c(Nc2ccc3nccnc3c2NS(C)(=O)=O)n1. The molecule has 0 atom stereocenters. The molecule has 0 amide bonds. The Hall–Kier alpha value is -4.54. The van der Waals surface area contributed by atoms with Crippen molar-refractivity contribution in [1.82, 2.24) is 29.7 Å². The highest BCUT2D eigenvalue weighted by Gasteiger charge is 2.25. The van der Waals surface area contributed by atoms with Crippen molar-refractivity contribution in [1.29, 1.82) is 0 Å². The molecule has 0 spiro atoms. The number of hydrogen-bond acceptors (Lipinski definition) is 12. The number of halogens is 1. The van der Waals surface area contributed by atoms with E-state index in [9.17, 15) is 8.42 Å². The highest BCUT2D eigenvalue weighted by molar-refractivity contribution is 9.10. The summed E-state index contributed by atoms with van der Waals surface area (Å²) in [6.45, 7) is 5.84. The van der Waals surface area contributed by atoms with Crippen LogP contribution in [0.4, 0.5) is 34.5 Å². The molecule has 0 bridgehead atoms. The predicted molar refractivity (Wildman–Crippen MR) is 191 cm³/mol. The van der Waals surface area contributed by atoms with Gasteiger partial charge >= 0.3 is 0 Å². The molecule has 4 heterocycles. The number of aromatic nitrogens is 6. The van der Waals surface area contributed by atoms with E-state index < -0.39 is 10.0 Å². The fourth-order valence-corrected chi connectivity index (χ4v) is 6.57. The van der Waals surface area contributed by atoms with Crippen molar-refractivity contribution in [2.75, 3.05) is 46.7 Å². The standard InChI is InChI=1S/C32H37BrN10O4S/c1-19(2)47-21-8-12-43(13-9-21)27-15-28(46-4)26(14-22(27)20-16-37-42(3)18-20)39-32-36-17-23(33)31(40-32)38-25-7-6-24-29(35-11-10-34-24)30(25)41-48(5,44)45/h6-7,10-11,14-19,21,41H,8-9,12-13H2,1-5H3,(H2,36,38,39,40). The quantitative estimate of drug-likeness (QED) is 0.149. The number of anilines is 6. The zero-order valence-electron chi connectivity index (χ0n) is 27.2. The van der Waals surface area contributed by atoms with Crippen LogP contribution < -0.4 is 25.0 Å². The maximum atomic E-state index is 12.3. The largest absolute Gasteiger partial charge is 0.494 e. The average molecular weight is 738 g/mol. The normalized spacial score (nSPS) is 14.0. The van der Waals surface area contributed by atoms with Gasteiger partial charge in [0.1, 0.15) is 17.1 Å². The molecule has 48 heavy (non-hydrogen) atoms. The topological polar surface area (TPSA) is 161 Å². The summed E-state index contributed by atoms with van der Waals surface area (Å²) in [4.78, 5) is 20.2. The van der Waals surface area contributed by atoms with Gasteiger partial charge in [0.15, 0.2) is 0 Å². The Bertz CT molecular complexity index is 2050. The summed E-state index contributed by atoms with van der Waals surface area (Å²) in [5.41, 5.74) is 5.25. The van der Waals surface area contributed by atoms with E-state index in [4.69, 9.17) is 14.5 Å². The third kappa shape index (κ3) is 7.61. The third-order valence-electron chi connectivity index (χ3n) is 7.75. The number of fused-ring (bicyclic) bond motifs is 1. The molecular weight excluding hydrogens is 700 g/mol. The minimum absolute atomic E-state index is 0.197. The van der Waals surface area contributed by atoms with Crippen LogP contribution in [-0.4, -0.2) is 76.8 Å². The highest BCUT2D eigenvalue weighted by Crippen LogP contribution is 2.42. The fourth-order valence-electron chi connectivity index (χ4n) is 5.70. The molecular formula is C32H37BrN10O4S. The van der Waals surface area contributed by atoms with E-state index in [0.717, 1.165) is 49.0 Å². The van der Waals surface area contributed by atoms with Gasteiger partial charge in [-0.1, -0.05) is 0 Å². The zero-order chi connectivity index (χ0) is 34.0. The second kappa shape index (κ2) is 13.9. The maximum absolute atomic E-state index is 12.3. The molecule has 2 aromatic carbocycles. The first-order valence-corrected chi connectivity index (χ1v) is 18.1. The summed E-state index contributed by atoms with van der Waals surface area (Å²) in [5, 5.41) is 11.0. The van der Waals surface area contributed by atoms with E-state index in [1.807, 2.05) is 31.6 Å². The average Bonchev–Trinajstić information content (AvgIpc) is 3.49. The van der Waals surface area contributed by atoms with Gasteiger partial charge in [-0.2, -0.15) is 10.1 Å². The van der Waals surface area contributed by atoms with Crippen LogP contribution in [0.3, 0.4) is 0 Å². The number of sulfonamides is 1. The van der Waals surface area contributed by atoms with Crippen LogP contribution in [0.2, 0.25) is 0 Å². The molecule has 5 aromatic rings. The summed E-state index contributed by atoms with van der Waals surface area (Å²) >= 11 is 3.52. The van der Waals surface area contributed by atoms with Crippen molar-refractivity contribution >= 4 is 71.5 Å². The number of nitrogens with one attached hydrogen (secondary N) is 3. The zero-order valence-corrected chi connectivity index (χ0v) is 29.6. The number of hydrogen-bond donors (Lipinski definition) is 3. The highest BCUT2D eigenvalue weighted by atomic mass is 79.9. The molecule has 1 saturated heterocycles. The first-order chi connectivity index (χ1) is 23.0. The number of benzene rings is 2. The van der Waals surface area contributed by atoms with Crippen molar-refractivity contribution < 1.29 is 17.9 Å². The van der Waals surface area contributed by atoms with E-state index in [-0.39, 0.29) is 23.8 Å². The summed E-state index contributed by atoms with van der Waals surface area (Å²) in [5.74, 6) is 1.29. The van der Waals surface area contributed by atoms with Crippen molar-refractivity contribution in [2.45, 2.75) is 38.9 Å². The predicted octanol–water partition coefficient (Wildman–Crippen LogP) is 5.84. The molecule has 1 aliphatic heterocycles. The molecule has 0 aliphatic carbocycles. The van der Waals surface area contributed by atoms with Crippen molar-refractivity contribution in [2.24, 2.45) is 7.05 Å². The second-order valence-corrected chi connectivity index (χ2v) is 14.4. The molecule has 6 rings (SSSR count). The minimum Gasteiger partial charge on any atom is -0.494 e. The minimum atomic E-state index is -3.64. The number of nitrogens with zero attached hydrogens (tertiary/aromatic N) is 7. The number of ether oxygens (including phenoxy) is 2. The Morgan fingerprint density at radius 2 is 1.79 bits per heavy atom. The number of piperidine rings is 1. The lowest BCUT2D eigenvalue weighted by Gasteiger charge is -2.35. The van der Waals surface area contributed by atoms with Gasteiger partial charge in [-0.3, -0.25) is 19.4 Å². The van der Waals surface area contributed by atoms with Gasteiger partial charge in [0.2, 0.25) is 16.0 Å². The summed E-state index contributed by atoms with van der Waals surface area (Å²) in [7, 11) is -0.117. The first kappa shape index (κ1) is 33.4. The Labute approximate surface area is 287 Å². The Kier molecular flexibility index (Phi) is 9.66. The molecule has 3 N–H and O–H groups in total. The van der Waals surface area contributed by atoms with E-state index in [0.29, 0.717) is 38.4 Å². The van der Waals surface area contributed by atoms with Gasteiger partial charge in [-0.25, -0.2) is 13.4 Å². The van der Waals surface area contributed by atoms with Crippen LogP contribution >= 0.6 is 15.9 Å². The first-order valence-electron chi connectivity index (χ1n) is 15.4. The maximum Gasteiger partial charge on any atom is 0.229 e. The van der Waals surface area contributed by atoms with Crippen molar-refractivity contribution in [3.63, 3.8) is 0 Å². The van der Waals surface area contributed by atoms with Gasteiger partial charge in [0, 0.05) is 67.8 Å². The lowest BCUT2D eigenvalue weighted by Crippen LogP contribution is -2.38. The van der Waals surface area contributed by atoms with Gasteiger partial charge in [-0.05, 0) is 60.8 Å². The van der Waals surface area contributed by atoms with E-state index in [1.165, 1.54) is 6.20 Å². The molecule has 252 valence electrons. The smallest absolute Gasteiger partial charge is 0.229 e. The molecule has 0 radical (unpaired) electrons. The lowest BCUT2D eigenvalue weighted by atomic mass is 10.0. The Balaban J connectivity index is 1.33. The van der Waals surface area contributed by atoms with Crippen LogP contribution in [0.1, 0.15) is 26.7 Å². The van der Waals surface area contributed by atoms with Gasteiger partial charge in [-0.15, -0.1) is 0 Å². The van der Waals surface area contributed by atoms with Crippen molar-refractivity contribution in [3.8, 4) is 16.9 Å². The molecule has 3 aromatic heterocycles. The number of aryl methyl sites for hydroxylation is 1. The second-order valence-electron chi connectivity index (χ2n) is 11.8. The lowest BCUT2D eigenvalue weighted by molar-refractivity contribution is -0.00477. The Morgan fingerprint density at radius 1 is 1.02 bits per heavy atom. The van der Waals surface area contributed by atoms with Crippen LogP contribution in [0.5, 0.6) is 5.75 Å². The molecule has 0 saturated carbocycles. The number of methoxy groups -OCH3 is 1. The monoisotopic (exact) mass is 736 g/mol. The summed E-state index contributed by atoms with van der Waals surface area (Å²) < 4.78 is 41.4. The summed E-state index contributed by atoms with van der Waals surface area (Å²) in [6, 6.07) is 7.52. The van der Waals surface area contributed by atoms with Gasteiger partial charge in [0.25, 0.3) is 0 Å². The number of rotatable bonds is 11. The van der Waals surface area contributed by atoms with Crippen LogP contribution in [0, 0.1) is 0 Å². The molecule has 16 heteroatoms. The molecule has 1 aliphatic rings. The fraction of sp³-hybridized carbons (Fsp3) is 0.344. The molecule has 1 fully saturated rings. The van der Waals surface area contributed by atoms with Crippen LogP contribution in [-0.2, 0) is 21.8 Å². The van der Waals surface area contributed by atoms with Gasteiger partial charge < -0.3 is 25.0 Å². The van der Waals surface area contributed by atoms with E-state index in [2.05, 4.69) is 70.1 Å².